The normalized spacial score (nSPS) is 18.9. The highest BCUT2D eigenvalue weighted by Crippen LogP contribution is 2.24. The molecule has 7 nitrogen and oxygen atoms in total. The summed E-state index contributed by atoms with van der Waals surface area (Å²) in [5.41, 5.74) is -0.109. The molecule has 7 heteroatoms. The highest BCUT2D eigenvalue weighted by Gasteiger charge is 2.22. The molecule has 20 heavy (non-hydrogen) atoms. The van der Waals surface area contributed by atoms with Crippen LogP contribution in [-0.2, 0) is 0 Å². The first-order valence-corrected chi connectivity index (χ1v) is 6.45. The van der Waals surface area contributed by atoms with E-state index in [1.54, 1.807) is 6.07 Å². The van der Waals surface area contributed by atoms with Crippen LogP contribution >= 0.6 is 0 Å². The van der Waals surface area contributed by atoms with Gasteiger partial charge in [-0.05, 0) is 38.6 Å². The van der Waals surface area contributed by atoms with E-state index in [9.17, 15) is 14.9 Å². The minimum absolute atomic E-state index is 0.293. The predicted molar refractivity (Wildman–Crippen MR) is 74.2 cm³/mol. The molecule has 2 N–H and O–H groups in total. The molecule has 0 spiro atoms. The van der Waals surface area contributed by atoms with E-state index < -0.39 is 10.9 Å². The monoisotopic (exact) mass is 279 g/mol. The smallest absolute Gasteiger partial charge is 0.342 e. The zero-order chi connectivity index (χ0) is 14.7. The lowest BCUT2D eigenvalue weighted by atomic mass is 10.1. The number of likely N-dealkylation sites (tertiary alicyclic amines) is 1. The summed E-state index contributed by atoms with van der Waals surface area (Å²) in [6.07, 6.45) is 2.25. The Balaban J connectivity index is 2.11. The van der Waals surface area contributed by atoms with Crippen molar-refractivity contribution in [1.29, 1.82) is 0 Å². The molecule has 0 radical (unpaired) electrons. The Kier molecular flexibility index (Phi) is 4.19. The van der Waals surface area contributed by atoms with Crippen LogP contribution in [0.4, 0.5) is 11.4 Å². The average Bonchev–Trinajstić information content (AvgIpc) is 2.81. The van der Waals surface area contributed by atoms with Crippen molar-refractivity contribution in [2.24, 2.45) is 0 Å². The lowest BCUT2D eigenvalue weighted by Crippen LogP contribution is -2.31. The van der Waals surface area contributed by atoms with Gasteiger partial charge in [-0.3, -0.25) is 10.1 Å². The molecule has 1 aliphatic rings. The first kappa shape index (κ1) is 14.3. The number of benzene rings is 1. The van der Waals surface area contributed by atoms with Gasteiger partial charge >= 0.3 is 5.97 Å². The number of hydrogen-bond acceptors (Lipinski definition) is 5. The molecule has 1 atom stereocenters. The van der Waals surface area contributed by atoms with Gasteiger partial charge in [0.1, 0.15) is 5.56 Å². The van der Waals surface area contributed by atoms with Gasteiger partial charge in [-0.1, -0.05) is 0 Å². The van der Waals surface area contributed by atoms with Crippen LogP contribution in [0.3, 0.4) is 0 Å². The van der Waals surface area contributed by atoms with Crippen LogP contribution < -0.4 is 5.32 Å². The van der Waals surface area contributed by atoms with Crippen molar-refractivity contribution in [3.8, 4) is 0 Å². The van der Waals surface area contributed by atoms with Crippen molar-refractivity contribution >= 4 is 17.3 Å². The van der Waals surface area contributed by atoms with Crippen LogP contribution in [0.25, 0.3) is 0 Å². The SMILES string of the molecule is CN1CCCC1CNc1ccc(C(=O)O)c([N+](=O)[O-])c1. The molecule has 2 rings (SSSR count). The second-order valence-corrected chi connectivity index (χ2v) is 4.95. The van der Waals surface area contributed by atoms with E-state index in [0.717, 1.165) is 19.4 Å². The number of likely N-dealkylation sites (N-methyl/N-ethyl adjacent to an activating group) is 1. The predicted octanol–water partition coefficient (Wildman–Crippen LogP) is 1.80. The third-order valence-corrected chi connectivity index (χ3v) is 3.64. The third kappa shape index (κ3) is 3.05. The number of hydrogen-bond donors (Lipinski definition) is 2. The summed E-state index contributed by atoms with van der Waals surface area (Å²) in [4.78, 5) is 23.4. The minimum atomic E-state index is -1.29. The van der Waals surface area contributed by atoms with Crippen LogP contribution in [0.1, 0.15) is 23.2 Å². The molecule has 1 heterocycles. The molecule has 108 valence electrons. The van der Waals surface area contributed by atoms with Crippen LogP contribution in [0.15, 0.2) is 18.2 Å². The van der Waals surface area contributed by atoms with E-state index in [1.807, 2.05) is 0 Å². The number of carbonyl (C=O) groups is 1. The van der Waals surface area contributed by atoms with Crippen molar-refractivity contribution in [2.45, 2.75) is 18.9 Å². The van der Waals surface area contributed by atoms with Gasteiger partial charge in [-0.15, -0.1) is 0 Å². The van der Waals surface area contributed by atoms with E-state index >= 15 is 0 Å². The Morgan fingerprint density at radius 3 is 2.90 bits per heavy atom. The van der Waals surface area contributed by atoms with E-state index in [-0.39, 0.29) is 11.3 Å². The molecule has 0 amide bonds. The van der Waals surface area contributed by atoms with Gasteiger partial charge in [-0.2, -0.15) is 0 Å². The van der Waals surface area contributed by atoms with E-state index in [2.05, 4.69) is 17.3 Å². The molecule has 1 fully saturated rings. The van der Waals surface area contributed by atoms with Crippen LogP contribution in [0.2, 0.25) is 0 Å². The number of carboxylic acids is 1. The number of aromatic carboxylic acids is 1. The van der Waals surface area contributed by atoms with Gasteiger partial charge in [0.05, 0.1) is 4.92 Å². The van der Waals surface area contributed by atoms with Gasteiger partial charge < -0.3 is 15.3 Å². The zero-order valence-corrected chi connectivity index (χ0v) is 11.2. The topological polar surface area (TPSA) is 95.7 Å². The van der Waals surface area contributed by atoms with Gasteiger partial charge in [0, 0.05) is 24.3 Å². The van der Waals surface area contributed by atoms with Gasteiger partial charge in [0.15, 0.2) is 0 Å². The van der Waals surface area contributed by atoms with Crippen LogP contribution in [0.5, 0.6) is 0 Å². The summed E-state index contributed by atoms with van der Waals surface area (Å²) in [5, 5.41) is 22.9. The summed E-state index contributed by atoms with van der Waals surface area (Å²) in [5.74, 6) is -1.29. The molecular weight excluding hydrogens is 262 g/mol. The summed E-state index contributed by atoms with van der Waals surface area (Å²) in [7, 11) is 2.05. The molecule has 0 bridgehead atoms. The zero-order valence-electron chi connectivity index (χ0n) is 11.2. The third-order valence-electron chi connectivity index (χ3n) is 3.64. The maximum absolute atomic E-state index is 10.9. The second kappa shape index (κ2) is 5.87. The molecule has 0 aromatic heterocycles. The van der Waals surface area contributed by atoms with Crippen LogP contribution in [-0.4, -0.2) is 47.1 Å². The number of anilines is 1. The fourth-order valence-corrected chi connectivity index (χ4v) is 2.45. The fourth-order valence-electron chi connectivity index (χ4n) is 2.45. The molecule has 0 saturated carbocycles. The molecule has 1 saturated heterocycles. The molecule has 1 aromatic rings. The number of nitrogens with one attached hydrogen (secondary N) is 1. The summed E-state index contributed by atoms with van der Waals surface area (Å²) < 4.78 is 0. The fraction of sp³-hybridized carbons (Fsp3) is 0.462. The molecule has 1 unspecified atom stereocenters. The quantitative estimate of drug-likeness (QED) is 0.630. The molecule has 0 aliphatic carbocycles. The first-order valence-electron chi connectivity index (χ1n) is 6.45. The Labute approximate surface area is 116 Å². The number of nitrogens with zero attached hydrogens (tertiary/aromatic N) is 2. The van der Waals surface area contributed by atoms with Gasteiger partial charge in [0.25, 0.3) is 5.69 Å². The number of nitro benzene ring substituents is 1. The van der Waals surface area contributed by atoms with E-state index in [1.165, 1.54) is 12.1 Å². The molecule has 1 aliphatic heterocycles. The van der Waals surface area contributed by atoms with Crippen molar-refractivity contribution in [3.05, 3.63) is 33.9 Å². The first-order chi connectivity index (χ1) is 9.49. The Hall–Kier alpha value is -2.15. The lowest BCUT2D eigenvalue weighted by molar-refractivity contribution is -0.385. The van der Waals surface area contributed by atoms with Crippen molar-refractivity contribution < 1.29 is 14.8 Å². The van der Waals surface area contributed by atoms with Crippen molar-refractivity contribution in [1.82, 2.24) is 4.90 Å². The standard InChI is InChI=1S/C13H17N3O4/c1-15-6-2-3-10(15)8-14-9-4-5-11(13(17)18)12(7-9)16(19)20/h4-5,7,10,14H,2-3,6,8H2,1H3,(H,17,18). The van der Waals surface area contributed by atoms with E-state index in [4.69, 9.17) is 5.11 Å². The van der Waals surface area contributed by atoms with Gasteiger partial charge in [0.2, 0.25) is 0 Å². The highest BCUT2D eigenvalue weighted by atomic mass is 16.6. The number of nitro groups is 1. The maximum Gasteiger partial charge on any atom is 0.342 e. The van der Waals surface area contributed by atoms with Crippen molar-refractivity contribution in [3.63, 3.8) is 0 Å². The summed E-state index contributed by atoms with van der Waals surface area (Å²) in [6, 6.07) is 4.51. The Morgan fingerprint density at radius 1 is 1.60 bits per heavy atom. The lowest BCUT2D eigenvalue weighted by Gasteiger charge is -2.20. The number of rotatable bonds is 5. The molecule has 1 aromatic carbocycles. The van der Waals surface area contributed by atoms with Crippen molar-refractivity contribution in [2.75, 3.05) is 25.5 Å². The summed E-state index contributed by atoms with van der Waals surface area (Å²) in [6.45, 7) is 1.75. The Bertz CT molecular complexity index is 532. The van der Waals surface area contributed by atoms with Crippen LogP contribution in [0, 0.1) is 10.1 Å². The largest absolute Gasteiger partial charge is 0.477 e. The summed E-state index contributed by atoms with van der Waals surface area (Å²) >= 11 is 0. The van der Waals surface area contributed by atoms with Gasteiger partial charge in [-0.25, -0.2) is 4.79 Å². The van der Waals surface area contributed by atoms with E-state index in [0.29, 0.717) is 18.3 Å². The maximum atomic E-state index is 10.9. The molecular formula is C13H17N3O4. The second-order valence-electron chi connectivity index (χ2n) is 4.95. The minimum Gasteiger partial charge on any atom is -0.477 e. The highest BCUT2D eigenvalue weighted by molar-refractivity contribution is 5.93. The Morgan fingerprint density at radius 2 is 2.35 bits per heavy atom. The average molecular weight is 279 g/mol. The number of carboxylic acid groups (broad SMARTS) is 1.